The largest absolute Gasteiger partial charge is 0.538 e. The zero-order valence-electron chi connectivity index (χ0n) is 12.3. The van der Waals surface area contributed by atoms with Crippen molar-refractivity contribution >= 4 is 20.0 Å². The highest BCUT2D eigenvalue weighted by Gasteiger charge is 2.42. The van der Waals surface area contributed by atoms with Gasteiger partial charge < -0.3 is 14.7 Å². The number of carbonyl (C=O) groups excluding carboxylic acids is 1. The van der Waals surface area contributed by atoms with E-state index in [2.05, 4.69) is 38.7 Å². The molecule has 0 aromatic rings. The summed E-state index contributed by atoms with van der Waals surface area (Å²) in [4.78, 5) is 14.5. The van der Waals surface area contributed by atoms with Gasteiger partial charge in [0.25, 0.3) is 8.32 Å². The summed E-state index contributed by atoms with van der Waals surface area (Å²) < 4.78 is 10.6. The lowest BCUT2D eigenvalue weighted by molar-refractivity contribution is -0.139. The number of carbonyl (C=O) groups is 1. The van der Waals surface area contributed by atoms with Crippen LogP contribution in [-0.2, 0) is 14.0 Å². The maximum absolute atomic E-state index is 11.6. The zero-order chi connectivity index (χ0) is 15.3. The van der Waals surface area contributed by atoms with Crippen molar-refractivity contribution in [3.05, 3.63) is 30.5 Å². The van der Waals surface area contributed by atoms with E-state index < -0.39 is 14.3 Å². The number of ether oxygens (including phenoxy) is 1. The van der Waals surface area contributed by atoms with E-state index in [0.717, 1.165) is 0 Å². The molecule has 0 unspecified atom stereocenters. The van der Waals surface area contributed by atoms with Crippen LogP contribution in [0.25, 0.3) is 5.53 Å². The molecule has 0 bridgehead atoms. The summed E-state index contributed by atoms with van der Waals surface area (Å²) >= 11 is 0. The van der Waals surface area contributed by atoms with E-state index in [1.54, 1.807) is 0 Å². The van der Waals surface area contributed by atoms with Gasteiger partial charge in [0, 0.05) is 0 Å². The van der Waals surface area contributed by atoms with Crippen molar-refractivity contribution in [3.8, 4) is 0 Å². The molecule has 0 radical (unpaired) electrons. The molecule has 0 aromatic heterocycles. The summed E-state index contributed by atoms with van der Waals surface area (Å²) in [6.07, 6.45) is 1.42. The minimum atomic E-state index is -2.14. The molecule has 0 saturated heterocycles. The van der Waals surface area contributed by atoms with Gasteiger partial charge in [-0.15, -0.1) is 0 Å². The molecule has 0 saturated carbocycles. The van der Waals surface area contributed by atoms with Crippen LogP contribution in [0.3, 0.4) is 0 Å². The van der Waals surface area contributed by atoms with Gasteiger partial charge in [-0.1, -0.05) is 33.4 Å². The Hall–Kier alpha value is -1.65. The van der Waals surface area contributed by atoms with Crippen molar-refractivity contribution in [2.45, 2.75) is 38.9 Å². The fraction of sp³-hybridized carbons (Fsp3) is 0.538. The molecule has 0 aliphatic heterocycles. The summed E-state index contributed by atoms with van der Waals surface area (Å²) in [7, 11) is -2.14. The normalized spacial score (nSPS) is 11.2. The highest BCUT2D eigenvalue weighted by molar-refractivity contribution is 6.74. The van der Waals surface area contributed by atoms with Crippen LogP contribution in [0.15, 0.2) is 25.0 Å². The van der Waals surface area contributed by atoms with Gasteiger partial charge in [0.15, 0.2) is 5.76 Å². The van der Waals surface area contributed by atoms with Gasteiger partial charge in [0.2, 0.25) is 0 Å². The molecule has 0 heterocycles. The second kappa shape index (κ2) is 6.50. The lowest BCUT2D eigenvalue weighted by Crippen LogP contribution is -2.42. The molecule has 0 aliphatic rings. The quantitative estimate of drug-likeness (QED) is 0.143. The molecule has 106 valence electrons. The van der Waals surface area contributed by atoms with Gasteiger partial charge >= 0.3 is 11.7 Å². The zero-order valence-corrected chi connectivity index (χ0v) is 13.3. The van der Waals surface area contributed by atoms with E-state index in [9.17, 15) is 4.79 Å². The molecule has 5 nitrogen and oxygen atoms in total. The minimum absolute atomic E-state index is 0.0307. The van der Waals surface area contributed by atoms with Crippen LogP contribution in [0.1, 0.15) is 20.8 Å². The third-order valence-electron chi connectivity index (χ3n) is 3.07. The predicted octanol–water partition coefficient (Wildman–Crippen LogP) is 2.92. The van der Waals surface area contributed by atoms with Crippen LogP contribution in [-0.4, -0.2) is 31.4 Å². The maximum Gasteiger partial charge on any atom is 0.438 e. The second-order valence-corrected chi connectivity index (χ2v) is 10.3. The summed E-state index contributed by atoms with van der Waals surface area (Å²) in [6, 6.07) is 0. The Morgan fingerprint density at radius 1 is 1.42 bits per heavy atom. The van der Waals surface area contributed by atoms with Gasteiger partial charge in [-0.25, -0.2) is 4.79 Å². The molecule has 0 amide bonds. The fourth-order valence-electron chi connectivity index (χ4n) is 0.923. The van der Waals surface area contributed by atoms with Crippen LogP contribution < -0.4 is 0 Å². The fourth-order valence-corrected chi connectivity index (χ4v) is 1.94. The Labute approximate surface area is 115 Å². The molecule has 0 aliphatic carbocycles. The Morgan fingerprint density at radius 3 is 2.32 bits per heavy atom. The number of rotatable bonds is 6. The second-order valence-electron chi connectivity index (χ2n) is 5.62. The van der Waals surface area contributed by atoms with Gasteiger partial charge in [-0.3, -0.25) is 0 Å². The molecule has 0 atom stereocenters. The topological polar surface area (TPSA) is 71.9 Å². The summed E-state index contributed by atoms with van der Waals surface area (Å²) in [5, 5.41) is -0.0540. The van der Waals surface area contributed by atoms with Crippen LogP contribution in [0.2, 0.25) is 18.1 Å². The number of esters is 1. The third-order valence-corrected chi connectivity index (χ3v) is 7.44. The van der Waals surface area contributed by atoms with Gasteiger partial charge in [0.1, 0.15) is 6.61 Å². The Morgan fingerprint density at radius 2 is 1.95 bits per heavy atom. The first-order valence-corrected chi connectivity index (χ1v) is 8.86. The molecule has 0 fully saturated rings. The van der Waals surface area contributed by atoms with E-state index in [1.807, 2.05) is 13.1 Å². The summed E-state index contributed by atoms with van der Waals surface area (Å²) in [5.74, 6) is -0.755. The SMILES string of the molecule is C=CCOC(=O)C(=[N+]=[N-])C(=C)O[Si](C)(C)C(C)(C)C. The van der Waals surface area contributed by atoms with Crippen molar-refractivity contribution in [3.63, 3.8) is 0 Å². The Bertz CT molecular complexity index is 430. The highest BCUT2D eigenvalue weighted by Crippen LogP contribution is 2.37. The van der Waals surface area contributed by atoms with Crippen molar-refractivity contribution < 1.29 is 18.7 Å². The molecule has 0 spiro atoms. The van der Waals surface area contributed by atoms with Crippen LogP contribution in [0.5, 0.6) is 0 Å². The summed E-state index contributed by atoms with van der Waals surface area (Å²) in [5.41, 5.74) is 8.59. The molecular formula is C13H22N2O3Si. The average Bonchev–Trinajstić information content (AvgIpc) is 2.24. The average molecular weight is 282 g/mol. The van der Waals surface area contributed by atoms with Crippen molar-refractivity contribution in [2.75, 3.05) is 6.61 Å². The lowest BCUT2D eigenvalue weighted by atomic mass is 10.2. The van der Waals surface area contributed by atoms with Crippen molar-refractivity contribution in [1.82, 2.24) is 0 Å². The number of hydrogen-bond donors (Lipinski definition) is 0. The first-order valence-electron chi connectivity index (χ1n) is 5.95. The van der Waals surface area contributed by atoms with Crippen LogP contribution >= 0.6 is 0 Å². The number of hydrogen-bond acceptors (Lipinski definition) is 3. The minimum Gasteiger partial charge on any atom is -0.538 e. The molecule has 6 heteroatoms. The molecule has 0 rings (SSSR count). The first-order chi connectivity index (χ1) is 8.56. The predicted molar refractivity (Wildman–Crippen MR) is 77.2 cm³/mol. The number of nitrogens with zero attached hydrogens (tertiary/aromatic N) is 2. The monoisotopic (exact) mass is 282 g/mol. The van der Waals surface area contributed by atoms with E-state index in [1.165, 1.54) is 6.08 Å². The van der Waals surface area contributed by atoms with E-state index in [4.69, 9.17) is 14.7 Å². The lowest BCUT2D eigenvalue weighted by Gasteiger charge is -2.36. The Kier molecular flexibility index (Phi) is 5.93. The standard InChI is InChI=1S/C13H22N2O3Si/c1-8-9-17-12(16)11(15-14)10(2)18-19(6,7)13(3,4)5/h8H,1-2,9H2,3-7H3. The Balaban J connectivity index is 4.96. The third kappa shape index (κ3) is 4.85. The van der Waals surface area contributed by atoms with E-state index >= 15 is 0 Å². The van der Waals surface area contributed by atoms with Crippen molar-refractivity contribution in [2.24, 2.45) is 0 Å². The van der Waals surface area contributed by atoms with Crippen LogP contribution in [0.4, 0.5) is 0 Å². The maximum atomic E-state index is 11.6. The first kappa shape index (κ1) is 17.3. The van der Waals surface area contributed by atoms with Gasteiger partial charge in [-0.05, 0) is 24.7 Å². The van der Waals surface area contributed by atoms with E-state index in [0.29, 0.717) is 0 Å². The highest BCUT2D eigenvalue weighted by atomic mass is 28.4. The van der Waals surface area contributed by atoms with Gasteiger partial charge in [0.05, 0.1) is 0 Å². The molecule has 0 aromatic carbocycles. The smallest absolute Gasteiger partial charge is 0.438 e. The van der Waals surface area contributed by atoms with Gasteiger partial charge in [-0.2, -0.15) is 4.79 Å². The van der Waals surface area contributed by atoms with E-state index in [-0.39, 0.29) is 23.1 Å². The molecule has 0 N–H and O–H groups in total. The van der Waals surface area contributed by atoms with Crippen molar-refractivity contribution in [1.29, 1.82) is 0 Å². The van der Waals surface area contributed by atoms with Crippen LogP contribution in [0, 0.1) is 0 Å². The molecule has 19 heavy (non-hydrogen) atoms. The molecular weight excluding hydrogens is 260 g/mol. The summed E-state index contributed by atoms with van der Waals surface area (Å²) in [6.45, 7) is 17.3.